The molecule has 0 atom stereocenters. The van der Waals surface area contributed by atoms with E-state index in [-0.39, 0.29) is 5.41 Å². The lowest BCUT2D eigenvalue weighted by Gasteiger charge is -2.19. The van der Waals surface area contributed by atoms with E-state index in [1.807, 2.05) is 12.1 Å². The predicted molar refractivity (Wildman–Crippen MR) is 86.4 cm³/mol. The van der Waals surface area contributed by atoms with E-state index in [9.17, 15) is 0 Å². The molecule has 0 aliphatic rings. The maximum atomic E-state index is 5.61. The Kier molecular flexibility index (Phi) is 4.49. The molecule has 20 heavy (non-hydrogen) atoms. The average molecular weight is 268 g/mol. The topological polar surface area (TPSA) is 9.23 Å². The smallest absolute Gasteiger partial charge is 0.119 e. The molecule has 1 heteroatoms. The van der Waals surface area contributed by atoms with E-state index < -0.39 is 0 Å². The number of rotatable bonds is 4. The van der Waals surface area contributed by atoms with Crippen LogP contribution in [0.3, 0.4) is 0 Å². The SMILES string of the molecule is CCCOc1ccc(-c2ccc(C(C)(C)C)cc2)cc1. The van der Waals surface area contributed by atoms with Crippen molar-refractivity contribution in [2.24, 2.45) is 0 Å². The largest absolute Gasteiger partial charge is 0.494 e. The first-order chi connectivity index (χ1) is 9.50. The molecule has 2 aromatic carbocycles. The molecule has 0 amide bonds. The Bertz CT molecular complexity index is 529. The Hall–Kier alpha value is -1.76. The maximum Gasteiger partial charge on any atom is 0.119 e. The molecule has 106 valence electrons. The van der Waals surface area contributed by atoms with Crippen molar-refractivity contribution in [3.8, 4) is 16.9 Å². The van der Waals surface area contributed by atoms with E-state index in [1.54, 1.807) is 0 Å². The van der Waals surface area contributed by atoms with Crippen molar-refractivity contribution in [2.45, 2.75) is 39.5 Å². The zero-order valence-electron chi connectivity index (χ0n) is 12.9. The van der Waals surface area contributed by atoms with Crippen LogP contribution >= 0.6 is 0 Å². The van der Waals surface area contributed by atoms with E-state index >= 15 is 0 Å². The first-order valence-electron chi connectivity index (χ1n) is 7.34. The number of hydrogen-bond donors (Lipinski definition) is 0. The lowest BCUT2D eigenvalue weighted by molar-refractivity contribution is 0.317. The van der Waals surface area contributed by atoms with Gasteiger partial charge in [-0.1, -0.05) is 64.1 Å². The van der Waals surface area contributed by atoms with Crippen molar-refractivity contribution in [1.82, 2.24) is 0 Å². The predicted octanol–water partition coefficient (Wildman–Crippen LogP) is 5.44. The number of hydrogen-bond acceptors (Lipinski definition) is 1. The fourth-order valence-electron chi connectivity index (χ4n) is 2.13. The minimum absolute atomic E-state index is 0.205. The monoisotopic (exact) mass is 268 g/mol. The fourth-order valence-corrected chi connectivity index (χ4v) is 2.13. The molecular weight excluding hydrogens is 244 g/mol. The second kappa shape index (κ2) is 6.13. The van der Waals surface area contributed by atoms with Crippen LogP contribution in [0.4, 0.5) is 0 Å². The van der Waals surface area contributed by atoms with E-state index in [0.29, 0.717) is 0 Å². The van der Waals surface area contributed by atoms with Gasteiger partial charge in [-0.05, 0) is 40.7 Å². The van der Waals surface area contributed by atoms with Crippen molar-refractivity contribution < 1.29 is 4.74 Å². The molecule has 0 saturated carbocycles. The molecule has 1 nitrogen and oxygen atoms in total. The molecule has 0 radical (unpaired) electrons. The van der Waals surface area contributed by atoms with E-state index in [2.05, 4.69) is 64.1 Å². The summed E-state index contributed by atoms with van der Waals surface area (Å²) in [7, 11) is 0. The summed E-state index contributed by atoms with van der Waals surface area (Å²) >= 11 is 0. The minimum Gasteiger partial charge on any atom is -0.494 e. The second-order valence-electron chi connectivity index (χ2n) is 6.20. The Morgan fingerprint density at radius 3 is 1.75 bits per heavy atom. The van der Waals surface area contributed by atoms with Gasteiger partial charge in [-0.25, -0.2) is 0 Å². The highest BCUT2D eigenvalue weighted by atomic mass is 16.5. The summed E-state index contributed by atoms with van der Waals surface area (Å²) in [6.07, 6.45) is 1.04. The Labute approximate surface area is 122 Å². The molecule has 0 N–H and O–H groups in total. The van der Waals surface area contributed by atoms with Crippen LogP contribution in [-0.2, 0) is 5.41 Å². The lowest BCUT2D eigenvalue weighted by Crippen LogP contribution is -2.10. The van der Waals surface area contributed by atoms with Gasteiger partial charge in [-0.15, -0.1) is 0 Å². The van der Waals surface area contributed by atoms with Crippen LogP contribution in [0.5, 0.6) is 5.75 Å². The summed E-state index contributed by atoms with van der Waals surface area (Å²) in [4.78, 5) is 0. The Balaban J connectivity index is 2.15. The third-order valence-electron chi connectivity index (χ3n) is 3.41. The van der Waals surface area contributed by atoms with E-state index in [0.717, 1.165) is 18.8 Å². The highest BCUT2D eigenvalue weighted by Crippen LogP contribution is 2.27. The third kappa shape index (κ3) is 3.63. The van der Waals surface area contributed by atoms with Crippen molar-refractivity contribution in [2.75, 3.05) is 6.61 Å². The molecule has 0 unspecified atom stereocenters. The zero-order chi connectivity index (χ0) is 14.6. The van der Waals surface area contributed by atoms with Gasteiger partial charge in [0.1, 0.15) is 5.75 Å². The molecule has 0 aromatic heterocycles. The minimum atomic E-state index is 0.205. The number of ether oxygens (including phenoxy) is 1. The zero-order valence-corrected chi connectivity index (χ0v) is 12.9. The van der Waals surface area contributed by atoms with Crippen LogP contribution in [0.2, 0.25) is 0 Å². The summed E-state index contributed by atoms with van der Waals surface area (Å²) in [5.41, 5.74) is 4.05. The fraction of sp³-hybridized carbons (Fsp3) is 0.368. The molecule has 0 heterocycles. The summed E-state index contributed by atoms with van der Waals surface area (Å²) in [6, 6.07) is 17.2. The first-order valence-corrected chi connectivity index (χ1v) is 7.34. The van der Waals surface area contributed by atoms with Crippen LogP contribution < -0.4 is 4.74 Å². The van der Waals surface area contributed by atoms with E-state index in [1.165, 1.54) is 16.7 Å². The summed E-state index contributed by atoms with van der Waals surface area (Å²) in [5, 5.41) is 0. The second-order valence-corrected chi connectivity index (χ2v) is 6.20. The molecule has 0 spiro atoms. The van der Waals surface area contributed by atoms with Gasteiger partial charge in [0.2, 0.25) is 0 Å². The molecule has 0 aliphatic heterocycles. The maximum absolute atomic E-state index is 5.61. The summed E-state index contributed by atoms with van der Waals surface area (Å²) in [6.45, 7) is 9.61. The van der Waals surface area contributed by atoms with Crippen LogP contribution in [-0.4, -0.2) is 6.61 Å². The van der Waals surface area contributed by atoms with E-state index in [4.69, 9.17) is 4.74 Å². The van der Waals surface area contributed by atoms with Crippen LogP contribution in [0.25, 0.3) is 11.1 Å². The Morgan fingerprint density at radius 2 is 1.30 bits per heavy atom. The van der Waals surface area contributed by atoms with Gasteiger partial charge in [-0.2, -0.15) is 0 Å². The molecular formula is C19H24O. The van der Waals surface area contributed by atoms with Gasteiger partial charge < -0.3 is 4.74 Å². The van der Waals surface area contributed by atoms with Crippen molar-refractivity contribution in [3.05, 3.63) is 54.1 Å². The third-order valence-corrected chi connectivity index (χ3v) is 3.41. The standard InChI is InChI=1S/C19H24O/c1-5-14-20-18-12-8-16(9-13-18)15-6-10-17(11-7-15)19(2,3)4/h6-13H,5,14H2,1-4H3. The molecule has 2 aromatic rings. The molecule has 2 rings (SSSR count). The van der Waals surface area contributed by atoms with Gasteiger partial charge in [0, 0.05) is 0 Å². The summed E-state index contributed by atoms with van der Waals surface area (Å²) in [5.74, 6) is 0.946. The van der Waals surface area contributed by atoms with Crippen LogP contribution in [0, 0.1) is 0 Å². The van der Waals surface area contributed by atoms with Gasteiger partial charge in [-0.3, -0.25) is 0 Å². The number of benzene rings is 2. The average Bonchev–Trinajstić information content (AvgIpc) is 2.45. The highest BCUT2D eigenvalue weighted by Gasteiger charge is 2.12. The normalized spacial score (nSPS) is 11.4. The van der Waals surface area contributed by atoms with Gasteiger partial charge in [0.05, 0.1) is 6.61 Å². The first kappa shape index (κ1) is 14.6. The molecule has 0 bridgehead atoms. The van der Waals surface area contributed by atoms with Gasteiger partial charge in [0.25, 0.3) is 0 Å². The lowest BCUT2D eigenvalue weighted by atomic mass is 9.86. The van der Waals surface area contributed by atoms with Crippen molar-refractivity contribution >= 4 is 0 Å². The van der Waals surface area contributed by atoms with Gasteiger partial charge in [0.15, 0.2) is 0 Å². The molecule has 0 aliphatic carbocycles. The van der Waals surface area contributed by atoms with Gasteiger partial charge >= 0.3 is 0 Å². The summed E-state index contributed by atoms with van der Waals surface area (Å²) < 4.78 is 5.61. The van der Waals surface area contributed by atoms with Crippen molar-refractivity contribution in [1.29, 1.82) is 0 Å². The highest BCUT2D eigenvalue weighted by molar-refractivity contribution is 5.64. The Morgan fingerprint density at radius 1 is 0.800 bits per heavy atom. The van der Waals surface area contributed by atoms with Crippen LogP contribution in [0.1, 0.15) is 39.7 Å². The quantitative estimate of drug-likeness (QED) is 0.717. The van der Waals surface area contributed by atoms with Crippen molar-refractivity contribution in [3.63, 3.8) is 0 Å². The molecule has 0 saturated heterocycles. The van der Waals surface area contributed by atoms with Crippen LogP contribution in [0.15, 0.2) is 48.5 Å². The molecule has 0 fully saturated rings.